The van der Waals surface area contributed by atoms with E-state index in [4.69, 9.17) is 9.47 Å². The van der Waals surface area contributed by atoms with Crippen LogP contribution < -0.4 is 4.74 Å². The molecule has 0 saturated heterocycles. The third kappa shape index (κ3) is 6.71. The largest absolute Gasteiger partial charge is 0.490 e. The highest BCUT2D eigenvalue weighted by Gasteiger charge is 2.17. The van der Waals surface area contributed by atoms with E-state index in [1.54, 1.807) is 6.92 Å². The standard InChI is InChI=1S/C32H30O4/c1-2-35-31(32(33)34)23-24-13-19-29(20-14-24)36-22-21-30(27-11-7-4-8-12-27)28-17-15-26(16-18-28)25-9-5-3-6-10-25/h3-21,31H,2,22-23H2,1H3,(H,33,34)/b30-21-/t31-/m0/s1. The molecule has 0 unspecified atom stereocenters. The molecular formula is C32H30O4. The number of aliphatic carboxylic acids is 1. The van der Waals surface area contributed by atoms with Crippen molar-refractivity contribution < 1.29 is 19.4 Å². The van der Waals surface area contributed by atoms with Crippen molar-refractivity contribution >= 4 is 11.5 Å². The Kier molecular flexibility index (Phi) is 8.68. The lowest BCUT2D eigenvalue weighted by molar-refractivity contribution is -0.149. The van der Waals surface area contributed by atoms with Gasteiger partial charge in [0, 0.05) is 13.0 Å². The molecule has 0 aliphatic rings. The zero-order valence-corrected chi connectivity index (χ0v) is 20.3. The Labute approximate surface area is 212 Å². The van der Waals surface area contributed by atoms with Crippen molar-refractivity contribution in [2.45, 2.75) is 19.4 Å². The van der Waals surface area contributed by atoms with Crippen molar-refractivity contribution in [1.82, 2.24) is 0 Å². The number of carbonyl (C=O) groups is 1. The summed E-state index contributed by atoms with van der Waals surface area (Å²) in [6, 6.07) is 36.7. The number of hydrogen-bond acceptors (Lipinski definition) is 3. The van der Waals surface area contributed by atoms with E-state index >= 15 is 0 Å². The van der Waals surface area contributed by atoms with Crippen LogP contribution in [-0.4, -0.2) is 30.4 Å². The van der Waals surface area contributed by atoms with Gasteiger partial charge in [0.05, 0.1) is 0 Å². The molecule has 0 aliphatic heterocycles. The van der Waals surface area contributed by atoms with E-state index in [1.165, 1.54) is 11.1 Å². The van der Waals surface area contributed by atoms with Gasteiger partial charge < -0.3 is 14.6 Å². The molecule has 1 atom stereocenters. The Morgan fingerprint density at radius 2 is 1.36 bits per heavy atom. The third-order valence-electron chi connectivity index (χ3n) is 5.91. The van der Waals surface area contributed by atoms with E-state index in [0.29, 0.717) is 19.6 Å². The van der Waals surface area contributed by atoms with Crippen LogP contribution in [-0.2, 0) is 16.0 Å². The summed E-state index contributed by atoms with van der Waals surface area (Å²) in [6.07, 6.45) is 1.57. The maximum absolute atomic E-state index is 11.3. The third-order valence-corrected chi connectivity index (χ3v) is 5.91. The number of carboxylic acids is 1. The lowest BCUT2D eigenvalue weighted by Crippen LogP contribution is -2.26. The summed E-state index contributed by atoms with van der Waals surface area (Å²) in [6.45, 7) is 2.56. The van der Waals surface area contributed by atoms with Gasteiger partial charge in [-0.25, -0.2) is 4.79 Å². The monoisotopic (exact) mass is 478 g/mol. The van der Waals surface area contributed by atoms with Crippen LogP contribution in [0.2, 0.25) is 0 Å². The number of carboxylic acid groups (broad SMARTS) is 1. The van der Waals surface area contributed by atoms with Gasteiger partial charge in [-0.3, -0.25) is 0 Å². The van der Waals surface area contributed by atoms with Crippen molar-refractivity contribution in [2.75, 3.05) is 13.2 Å². The molecule has 0 bridgehead atoms. The summed E-state index contributed by atoms with van der Waals surface area (Å²) in [4.78, 5) is 11.3. The minimum atomic E-state index is -0.951. The van der Waals surface area contributed by atoms with Gasteiger partial charge in [0.25, 0.3) is 0 Å². The van der Waals surface area contributed by atoms with E-state index < -0.39 is 12.1 Å². The van der Waals surface area contributed by atoms with Gasteiger partial charge in [-0.1, -0.05) is 97.1 Å². The van der Waals surface area contributed by atoms with E-state index in [-0.39, 0.29) is 0 Å². The Bertz CT molecular complexity index is 1260. The fourth-order valence-corrected chi connectivity index (χ4v) is 4.07. The van der Waals surface area contributed by atoms with Gasteiger partial charge in [0.2, 0.25) is 0 Å². The van der Waals surface area contributed by atoms with E-state index in [2.05, 4.69) is 54.6 Å². The molecule has 4 nitrogen and oxygen atoms in total. The van der Waals surface area contributed by atoms with Crippen LogP contribution in [0.3, 0.4) is 0 Å². The zero-order chi connectivity index (χ0) is 25.2. The first kappa shape index (κ1) is 25.0. The van der Waals surface area contributed by atoms with Gasteiger partial charge in [-0.15, -0.1) is 0 Å². The maximum atomic E-state index is 11.3. The van der Waals surface area contributed by atoms with Crippen LogP contribution in [0.5, 0.6) is 5.75 Å². The number of benzene rings is 4. The predicted octanol–water partition coefficient (Wildman–Crippen LogP) is 6.90. The topological polar surface area (TPSA) is 55.8 Å². The minimum Gasteiger partial charge on any atom is -0.490 e. The zero-order valence-electron chi connectivity index (χ0n) is 20.3. The molecule has 4 aromatic carbocycles. The minimum absolute atomic E-state index is 0.320. The van der Waals surface area contributed by atoms with Crippen molar-refractivity contribution in [3.05, 3.63) is 132 Å². The highest BCUT2D eigenvalue weighted by atomic mass is 16.5. The molecule has 4 aromatic rings. The molecule has 0 spiro atoms. The second-order valence-electron chi connectivity index (χ2n) is 8.37. The quantitative estimate of drug-likeness (QED) is 0.255. The molecule has 4 rings (SSSR count). The normalized spacial score (nSPS) is 12.2. The summed E-state index contributed by atoms with van der Waals surface area (Å²) in [7, 11) is 0. The molecule has 0 aromatic heterocycles. The van der Waals surface area contributed by atoms with Crippen LogP contribution in [0.1, 0.15) is 23.6 Å². The summed E-state index contributed by atoms with van der Waals surface area (Å²) < 4.78 is 11.3. The van der Waals surface area contributed by atoms with Crippen LogP contribution >= 0.6 is 0 Å². The molecule has 182 valence electrons. The lowest BCUT2D eigenvalue weighted by Gasteiger charge is -2.13. The van der Waals surface area contributed by atoms with Crippen LogP contribution in [0.4, 0.5) is 0 Å². The SMILES string of the molecule is CCO[C@@H](Cc1ccc(OC/C=C(/c2ccccc2)c2ccc(-c3ccccc3)cc2)cc1)C(=O)O. The summed E-state index contributed by atoms with van der Waals surface area (Å²) in [5, 5.41) is 9.29. The maximum Gasteiger partial charge on any atom is 0.333 e. The first-order valence-electron chi connectivity index (χ1n) is 12.1. The fraction of sp³-hybridized carbons (Fsp3) is 0.156. The molecule has 0 saturated carbocycles. The molecule has 0 radical (unpaired) electrons. The van der Waals surface area contributed by atoms with Crippen LogP contribution in [0, 0.1) is 0 Å². The van der Waals surface area contributed by atoms with Gasteiger partial charge in [0.15, 0.2) is 6.10 Å². The Hall–Kier alpha value is -4.15. The van der Waals surface area contributed by atoms with E-state index in [0.717, 1.165) is 28.0 Å². The smallest absolute Gasteiger partial charge is 0.333 e. The van der Waals surface area contributed by atoms with Crippen LogP contribution in [0.25, 0.3) is 16.7 Å². The average Bonchev–Trinajstić information content (AvgIpc) is 2.93. The van der Waals surface area contributed by atoms with Gasteiger partial charge in [-0.2, -0.15) is 0 Å². The van der Waals surface area contributed by atoms with E-state index in [1.807, 2.05) is 60.7 Å². The van der Waals surface area contributed by atoms with Gasteiger partial charge >= 0.3 is 5.97 Å². The predicted molar refractivity (Wildman–Crippen MR) is 144 cm³/mol. The Morgan fingerprint density at radius 1 is 0.778 bits per heavy atom. The first-order valence-corrected chi connectivity index (χ1v) is 12.1. The summed E-state index contributed by atoms with van der Waals surface area (Å²) >= 11 is 0. The first-order chi connectivity index (χ1) is 17.6. The summed E-state index contributed by atoms with van der Waals surface area (Å²) in [5.41, 5.74) is 6.61. The van der Waals surface area contributed by atoms with Crippen molar-refractivity contribution in [2.24, 2.45) is 0 Å². The fourth-order valence-electron chi connectivity index (χ4n) is 4.07. The molecule has 0 heterocycles. The van der Waals surface area contributed by atoms with Gasteiger partial charge in [-0.05, 0) is 58.5 Å². The van der Waals surface area contributed by atoms with E-state index in [9.17, 15) is 9.90 Å². The number of rotatable bonds is 11. The summed E-state index contributed by atoms with van der Waals surface area (Å²) in [5.74, 6) is -0.224. The van der Waals surface area contributed by atoms with Crippen molar-refractivity contribution in [3.63, 3.8) is 0 Å². The lowest BCUT2D eigenvalue weighted by atomic mass is 9.95. The van der Waals surface area contributed by atoms with Crippen molar-refractivity contribution in [1.29, 1.82) is 0 Å². The second kappa shape index (κ2) is 12.5. The molecule has 36 heavy (non-hydrogen) atoms. The molecule has 0 fully saturated rings. The van der Waals surface area contributed by atoms with Crippen LogP contribution in [0.15, 0.2) is 115 Å². The Balaban J connectivity index is 1.47. The molecule has 1 N–H and O–H groups in total. The van der Waals surface area contributed by atoms with Gasteiger partial charge in [0.1, 0.15) is 12.4 Å². The second-order valence-corrected chi connectivity index (χ2v) is 8.37. The molecular weight excluding hydrogens is 448 g/mol. The number of hydrogen-bond donors (Lipinski definition) is 1. The highest BCUT2D eigenvalue weighted by Crippen LogP contribution is 2.27. The van der Waals surface area contributed by atoms with Crippen molar-refractivity contribution in [3.8, 4) is 16.9 Å². The molecule has 0 aliphatic carbocycles. The average molecular weight is 479 g/mol. The number of ether oxygens (including phenoxy) is 2. The molecule has 0 amide bonds. The molecule has 4 heteroatoms. The Morgan fingerprint density at radius 3 is 1.97 bits per heavy atom. The highest BCUT2D eigenvalue weighted by molar-refractivity contribution is 5.81.